The normalized spacial score (nSPS) is 10.4. The highest BCUT2D eigenvalue weighted by molar-refractivity contribution is 7.80. The van der Waals surface area contributed by atoms with Gasteiger partial charge in [0, 0.05) is 17.7 Å². The summed E-state index contributed by atoms with van der Waals surface area (Å²) in [6, 6.07) is 2.47. The zero-order valence-corrected chi connectivity index (χ0v) is 9.69. The maximum Gasteiger partial charge on any atom is 0.270 e. The Labute approximate surface area is 102 Å². The van der Waals surface area contributed by atoms with Crippen LogP contribution in [0.4, 0.5) is 5.69 Å². The molecule has 0 saturated carbocycles. The molecule has 0 saturated heterocycles. The first-order valence-electron chi connectivity index (χ1n) is 4.48. The maximum absolute atomic E-state index is 10.6. The molecule has 4 N–H and O–H groups in total. The second-order valence-electron chi connectivity index (χ2n) is 3.19. The summed E-state index contributed by atoms with van der Waals surface area (Å²) in [6.07, 6.45) is 1.20. The number of benzene rings is 1. The van der Waals surface area contributed by atoms with Gasteiger partial charge in [-0.05, 0) is 24.7 Å². The van der Waals surface area contributed by atoms with Crippen molar-refractivity contribution in [2.75, 3.05) is 0 Å². The molecule has 0 aliphatic rings. The number of non-ortho nitro benzene ring substituents is 1. The number of hydrazone groups is 1. The van der Waals surface area contributed by atoms with E-state index in [4.69, 9.17) is 5.73 Å². The lowest BCUT2D eigenvalue weighted by atomic mass is 10.1. The quantitative estimate of drug-likeness (QED) is 0.318. The second kappa shape index (κ2) is 5.21. The minimum atomic E-state index is -0.551. The maximum atomic E-state index is 10.6. The Hall–Kier alpha value is -2.22. The summed E-state index contributed by atoms with van der Waals surface area (Å²) in [4.78, 5) is 10.1. The van der Waals surface area contributed by atoms with Gasteiger partial charge in [-0.3, -0.25) is 15.5 Å². The number of nitro benzene ring substituents is 1. The number of phenolic OH excluding ortho intramolecular Hbond substituents is 1. The Bertz CT molecular complexity index is 501. The standard InChI is InChI=1S/C9H10N4O3S/c1-5-2-7(13(15)16)3-6(8(5)14)4-11-12-9(10)17/h2-4,14H,1H3,(H3,10,12,17). The van der Waals surface area contributed by atoms with Crippen molar-refractivity contribution in [1.29, 1.82) is 0 Å². The van der Waals surface area contributed by atoms with Crippen molar-refractivity contribution in [3.05, 3.63) is 33.4 Å². The average Bonchev–Trinajstić information content (AvgIpc) is 2.23. The highest BCUT2D eigenvalue weighted by atomic mass is 32.1. The molecule has 1 aromatic carbocycles. The second-order valence-corrected chi connectivity index (χ2v) is 3.63. The first-order valence-corrected chi connectivity index (χ1v) is 4.89. The highest BCUT2D eigenvalue weighted by Gasteiger charge is 2.12. The monoisotopic (exact) mass is 254 g/mol. The van der Waals surface area contributed by atoms with E-state index in [0.29, 0.717) is 5.56 Å². The van der Waals surface area contributed by atoms with E-state index in [9.17, 15) is 15.2 Å². The number of nitrogens with two attached hydrogens (primary N) is 1. The molecule has 17 heavy (non-hydrogen) atoms. The van der Waals surface area contributed by atoms with Gasteiger partial charge in [0.05, 0.1) is 11.1 Å². The molecule has 0 radical (unpaired) electrons. The summed E-state index contributed by atoms with van der Waals surface area (Å²) in [5.74, 6) is -0.0795. The van der Waals surface area contributed by atoms with E-state index in [1.165, 1.54) is 18.3 Å². The van der Waals surface area contributed by atoms with Gasteiger partial charge in [-0.25, -0.2) is 0 Å². The molecule has 0 amide bonds. The van der Waals surface area contributed by atoms with Gasteiger partial charge >= 0.3 is 0 Å². The summed E-state index contributed by atoms with van der Waals surface area (Å²) >= 11 is 4.52. The molecule has 8 heteroatoms. The van der Waals surface area contributed by atoms with Gasteiger partial charge < -0.3 is 10.8 Å². The molecule has 0 bridgehead atoms. The molecule has 0 aliphatic carbocycles. The van der Waals surface area contributed by atoms with Crippen LogP contribution in [0.25, 0.3) is 0 Å². The van der Waals surface area contributed by atoms with Crippen LogP contribution in [0.2, 0.25) is 0 Å². The largest absolute Gasteiger partial charge is 0.507 e. The van der Waals surface area contributed by atoms with Gasteiger partial charge in [-0.1, -0.05) is 0 Å². The zero-order valence-electron chi connectivity index (χ0n) is 8.88. The van der Waals surface area contributed by atoms with Crippen molar-refractivity contribution in [2.45, 2.75) is 6.92 Å². The Morgan fingerprint density at radius 3 is 2.88 bits per heavy atom. The Balaban J connectivity index is 3.09. The number of nitrogens with zero attached hydrogens (tertiary/aromatic N) is 2. The van der Waals surface area contributed by atoms with Crippen LogP contribution in [0.3, 0.4) is 0 Å². The Morgan fingerprint density at radius 1 is 1.71 bits per heavy atom. The Kier molecular flexibility index (Phi) is 3.94. The van der Waals surface area contributed by atoms with Gasteiger partial charge in [0.2, 0.25) is 0 Å². The van der Waals surface area contributed by atoms with E-state index >= 15 is 0 Å². The first kappa shape index (κ1) is 12.8. The van der Waals surface area contributed by atoms with Crippen LogP contribution in [-0.2, 0) is 0 Å². The minimum Gasteiger partial charge on any atom is -0.507 e. The molecule has 0 spiro atoms. The van der Waals surface area contributed by atoms with E-state index < -0.39 is 4.92 Å². The number of hydrogen-bond acceptors (Lipinski definition) is 5. The average molecular weight is 254 g/mol. The molecular weight excluding hydrogens is 244 g/mol. The van der Waals surface area contributed by atoms with Gasteiger partial charge in [-0.15, -0.1) is 0 Å². The summed E-state index contributed by atoms with van der Waals surface area (Å²) in [7, 11) is 0. The molecule has 7 nitrogen and oxygen atoms in total. The number of rotatable bonds is 3. The van der Waals surface area contributed by atoms with Crippen molar-refractivity contribution in [3.63, 3.8) is 0 Å². The summed E-state index contributed by atoms with van der Waals surface area (Å²) < 4.78 is 0. The number of aromatic hydroxyl groups is 1. The SMILES string of the molecule is Cc1cc([N+](=O)[O-])cc(C=NNC(N)=S)c1O. The van der Waals surface area contributed by atoms with Gasteiger partial charge in [0.1, 0.15) is 5.75 Å². The Morgan fingerprint density at radius 2 is 2.35 bits per heavy atom. The van der Waals surface area contributed by atoms with Crippen molar-refractivity contribution in [1.82, 2.24) is 5.43 Å². The summed E-state index contributed by atoms with van der Waals surface area (Å²) in [5.41, 5.74) is 7.89. The smallest absolute Gasteiger partial charge is 0.270 e. The lowest BCUT2D eigenvalue weighted by Gasteiger charge is -2.03. The van der Waals surface area contributed by atoms with Crippen LogP contribution in [0.1, 0.15) is 11.1 Å². The van der Waals surface area contributed by atoms with E-state index in [1.807, 2.05) is 0 Å². The number of thiocarbonyl (C=S) groups is 1. The fraction of sp³-hybridized carbons (Fsp3) is 0.111. The molecule has 1 aromatic rings. The molecule has 90 valence electrons. The number of nitrogens with one attached hydrogen (secondary N) is 1. The highest BCUT2D eigenvalue weighted by Crippen LogP contribution is 2.26. The van der Waals surface area contributed by atoms with Crippen LogP contribution in [-0.4, -0.2) is 21.4 Å². The van der Waals surface area contributed by atoms with E-state index in [-0.39, 0.29) is 22.1 Å². The molecule has 0 aromatic heterocycles. The zero-order chi connectivity index (χ0) is 13.0. The minimum absolute atomic E-state index is 0.0390. The molecule has 0 heterocycles. The predicted octanol–water partition coefficient (Wildman–Crippen LogP) is 0.776. The summed E-state index contributed by atoms with van der Waals surface area (Å²) in [5, 5.41) is 23.9. The van der Waals surface area contributed by atoms with Crippen molar-refractivity contribution < 1.29 is 10.0 Å². The van der Waals surface area contributed by atoms with E-state index in [1.54, 1.807) is 6.92 Å². The third kappa shape index (κ3) is 3.38. The number of nitro groups is 1. The van der Waals surface area contributed by atoms with Crippen molar-refractivity contribution in [3.8, 4) is 5.75 Å². The van der Waals surface area contributed by atoms with Gasteiger partial charge in [-0.2, -0.15) is 5.10 Å². The summed E-state index contributed by atoms with van der Waals surface area (Å²) in [6.45, 7) is 1.56. The lowest BCUT2D eigenvalue weighted by molar-refractivity contribution is -0.384. The molecule has 0 aliphatic heterocycles. The fourth-order valence-electron chi connectivity index (χ4n) is 1.16. The van der Waals surface area contributed by atoms with Gasteiger partial charge in [0.25, 0.3) is 5.69 Å². The number of hydrogen-bond donors (Lipinski definition) is 3. The molecular formula is C9H10N4O3S. The molecule has 0 atom stereocenters. The number of aryl methyl sites for hydroxylation is 1. The van der Waals surface area contributed by atoms with Gasteiger partial charge in [0.15, 0.2) is 5.11 Å². The lowest BCUT2D eigenvalue weighted by Crippen LogP contribution is -2.24. The number of phenols is 1. The van der Waals surface area contributed by atoms with Crippen molar-refractivity contribution in [2.24, 2.45) is 10.8 Å². The first-order chi connectivity index (χ1) is 7.91. The van der Waals surface area contributed by atoms with Crippen LogP contribution >= 0.6 is 12.2 Å². The molecule has 0 fully saturated rings. The van der Waals surface area contributed by atoms with E-state index in [2.05, 4.69) is 22.7 Å². The van der Waals surface area contributed by atoms with Crippen LogP contribution in [0.15, 0.2) is 17.2 Å². The molecule has 0 unspecified atom stereocenters. The fourth-order valence-corrected chi connectivity index (χ4v) is 1.21. The van der Waals surface area contributed by atoms with Crippen LogP contribution < -0.4 is 11.2 Å². The van der Waals surface area contributed by atoms with Crippen molar-refractivity contribution >= 4 is 29.2 Å². The van der Waals surface area contributed by atoms with Crippen LogP contribution in [0.5, 0.6) is 5.75 Å². The third-order valence-corrected chi connectivity index (χ3v) is 2.00. The predicted molar refractivity (Wildman–Crippen MR) is 67.0 cm³/mol. The third-order valence-electron chi connectivity index (χ3n) is 1.90. The van der Waals surface area contributed by atoms with E-state index in [0.717, 1.165) is 0 Å². The molecule has 1 rings (SSSR count). The van der Waals surface area contributed by atoms with Crippen LogP contribution in [0, 0.1) is 17.0 Å². The topological polar surface area (TPSA) is 114 Å².